The molecule has 0 amide bonds. The molecule has 0 aliphatic rings. The smallest absolute Gasteiger partial charge is 0.335 e. The van der Waals surface area contributed by atoms with E-state index < -0.39 is 5.97 Å². The number of carboxylic acids is 1. The minimum absolute atomic E-state index is 0.258. The summed E-state index contributed by atoms with van der Waals surface area (Å²) in [4.78, 5) is 10.8. The fourth-order valence-corrected chi connectivity index (χ4v) is 2.15. The van der Waals surface area contributed by atoms with E-state index in [1.807, 2.05) is 12.1 Å². The Kier molecular flexibility index (Phi) is 5.82. The summed E-state index contributed by atoms with van der Waals surface area (Å²) >= 11 is 0. The zero-order valence-corrected chi connectivity index (χ0v) is 13.4. The monoisotopic (exact) mass is 308 g/mol. The van der Waals surface area contributed by atoms with Crippen LogP contribution in [0.2, 0.25) is 0 Å². The van der Waals surface area contributed by atoms with Crippen LogP contribution >= 0.6 is 0 Å². The van der Waals surface area contributed by atoms with Crippen LogP contribution in [0.5, 0.6) is 5.75 Å². The van der Waals surface area contributed by atoms with E-state index in [0.29, 0.717) is 12.5 Å². The average Bonchev–Trinajstić information content (AvgIpc) is 2.53. The predicted molar refractivity (Wildman–Crippen MR) is 90.8 cm³/mol. The summed E-state index contributed by atoms with van der Waals surface area (Å²) in [5.74, 6) is 6.38. The summed E-state index contributed by atoms with van der Waals surface area (Å²) in [5, 5.41) is 8.83. The van der Waals surface area contributed by atoms with Gasteiger partial charge < -0.3 is 9.84 Å². The second-order valence-corrected chi connectivity index (χ2v) is 5.71. The van der Waals surface area contributed by atoms with Crippen molar-refractivity contribution in [3.8, 4) is 17.6 Å². The number of rotatable bonds is 5. The maximum absolute atomic E-state index is 10.8. The van der Waals surface area contributed by atoms with Gasteiger partial charge in [0, 0.05) is 5.56 Å². The minimum atomic E-state index is -0.936. The Bertz CT molecular complexity index is 701. The van der Waals surface area contributed by atoms with Crippen molar-refractivity contribution in [1.82, 2.24) is 0 Å². The van der Waals surface area contributed by atoms with Gasteiger partial charge in [0.1, 0.15) is 12.4 Å². The topological polar surface area (TPSA) is 46.5 Å². The van der Waals surface area contributed by atoms with E-state index in [1.165, 1.54) is 5.56 Å². The molecule has 0 aromatic heterocycles. The van der Waals surface area contributed by atoms with E-state index in [0.717, 1.165) is 17.7 Å². The molecule has 0 fully saturated rings. The first-order valence-electron chi connectivity index (χ1n) is 7.58. The van der Waals surface area contributed by atoms with Crippen molar-refractivity contribution in [3.63, 3.8) is 0 Å². The molecule has 0 bridgehead atoms. The normalized spacial score (nSPS) is 10.0. The van der Waals surface area contributed by atoms with E-state index in [-0.39, 0.29) is 5.56 Å². The molecular weight excluding hydrogens is 288 g/mol. The maximum atomic E-state index is 10.8. The standard InChI is InChI=1S/C20H20O3/c1-15(2)14-17-7-11-19(12-8-17)23-13-3-4-16-5-9-18(10-6-16)20(21)22/h5-12,15H,13-14H2,1-2H3,(H,21,22). The Balaban J connectivity index is 1.86. The van der Waals surface area contributed by atoms with Gasteiger partial charge in [-0.3, -0.25) is 0 Å². The molecule has 0 radical (unpaired) electrons. The SMILES string of the molecule is CC(C)Cc1ccc(OCC#Cc2ccc(C(=O)O)cc2)cc1. The van der Waals surface area contributed by atoms with Crippen molar-refractivity contribution in [2.75, 3.05) is 6.61 Å². The highest BCUT2D eigenvalue weighted by Gasteiger charge is 2.00. The van der Waals surface area contributed by atoms with Crippen LogP contribution in [0.4, 0.5) is 0 Å². The first-order chi connectivity index (χ1) is 11.0. The summed E-state index contributed by atoms with van der Waals surface area (Å²) in [7, 11) is 0. The molecule has 3 heteroatoms. The zero-order valence-electron chi connectivity index (χ0n) is 13.4. The van der Waals surface area contributed by atoms with Gasteiger partial charge in [0.2, 0.25) is 0 Å². The van der Waals surface area contributed by atoms with Crippen LogP contribution < -0.4 is 4.74 Å². The van der Waals surface area contributed by atoms with Gasteiger partial charge in [0.15, 0.2) is 0 Å². The predicted octanol–water partition coefficient (Wildman–Crippen LogP) is 4.01. The quantitative estimate of drug-likeness (QED) is 0.849. The van der Waals surface area contributed by atoms with Crippen molar-refractivity contribution < 1.29 is 14.6 Å². The van der Waals surface area contributed by atoms with Crippen molar-refractivity contribution >= 4 is 5.97 Å². The molecule has 2 aromatic rings. The summed E-state index contributed by atoms with van der Waals surface area (Å²) in [6.07, 6.45) is 1.06. The molecule has 0 saturated carbocycles. The Labute approximate surface area is 136 Å². The number of hydrogen-bond donors (Lipinski definition) is 1. The van der Waals surface area contributed by atoms with Gasteiger partial charge in [0.05, 0.1) is 5.56 Å². The largest absolute Gasteiger partial charge is 0.481 e. The fourth-order valence-electron chi connectivity index (χ4n) is 2.15. The first-order valence-corrected chi connectivity index (χ1v) is 7.58. The van der Waals surface area contributed by atoms with Crippen molar-refractivity contribution in [1.29, 1.82) is 0 Å². The van der Waals surface area contributed by atoms with Gasteiger partial charge in [-0.1, -0.05) is 37.8 Å². The van der Waals surface area contributed by atoms with Crippen molar-refractivity contribution in [3.05, 3.63) is 65.2 Å². The molecule has 0 atom stereocenters. The second kappa shape index (κ2) is 8.05. The molecule has 3 nitrogen and oxygen atoms in total. The zero-order chi connectivity index (χ0) is 16.7. The number of benzene rings is 2. The molecule has 0 saturated heterocycles. The Morgan fingerprint density at radius 1 is 1.09 bits per heavy atom. The van der Waals surface area contributed by atoms with Gasteiger partial charge in [-0.05, 0) is 54.3 Å². The highest BCUT2D eigenvalue weighted by atomic mass is 16.5. The highest BCUT2D eigenvalue weighted by Crippen LogP contribution is 2.14. The van der Waals surface area contributed by atoms with E-state index in [9.17, 15) is 4.79 Å². The van der Waals surface area contributed by atoms with E-state index >= 15 is 0 Å². The highest BCUT2D eigenvalue weighted by molar-refractivity contribution is 5.87. The van der Waals surface area contributed by atoms with Gasteiger partial charge in [-0.2, -0.15) is 0 Å². The summed E-state index contributed by atoms with van der Waals surface area (Å²) in [5.41, 5.74) is 2.33. The maximum Gasteiger partial charge on any atom is 0.335 e. The second-order valence-electron chi connectivity index (χ2n) is 5.71. The van der Waals surface area contributed by atoms with Gasteiger partial charge in [-0.15, -0.1) is 0 Å². The van der Waals surface area contributed by atoms with Crippen molar-refractivity contribution in [2.45, 2.75) is 20.3 Å². The lowest BCUT2D eigenvalue weighted by Gasteiger charge is -2.06. The van der Waals surface area contributed by atoms with Crippen LogP contribution in [0.1, 0.15) is 35.3 Å². The molecule has 2 rings (SSSR count). The average molecular weight is 308 g/mol. The molecule has 0 aliphatic heterocycles. The Morgan fingerprint density at radius 3 is 2.30 bits per heavy atom. The number of hydrogen-bond acceptors (Lipinski definition) is 2. The van der Waals surface area contributed by atoms with Crippen LogP contribution in [0.3, 0.4) is 0 Å². The number of carbonyl (C=O) groups is 1. The fraction of sp³-hybridized carbons (Fsp3) is 0.250. The summed E-state index contributed by atoms with van der Waals surface area (Å²) in [6, 6.07) is 14.5. The van der Waals surface area contributed by atoms with E-state index in [1.54, 1.807) is 24.3 Å². The Hall–Kier alpha value is -2.73. The number of aromatic carboxylic acids is 1. The van der Waals surface area contributed by atoms with Crippen molar-refractivity contribution in [2.24, 2.45) is 5.92 Å². The number of carboxylic acid groups (broad SMARTS) is 1. The molecule has 2 aromatic carbocycles. The minimum Gasteiger partial charge on any atom is -0.481 e. The van der Waals surface area contributed by atoms with Crippen LogP contribution in [-0.2, 0) is 6.42 Å². The third-order valence-corrected chi connectivity index (χ3v) is 3.24. The molecule has 0 aliphatic carbocycles. The molecular formula is C20H20O3. The van der Waals surface area contributed by atoms with Gasteiger partial charge in [-0.25, -0.2) is 4.79 Å². The van der Waals surface area contributed by atoms with Gasteiger partial charge >= 0.3 is 5.97 Å². The molecule has 1 N–H and O–H groups in total. The lowest BCUT2D eigenvalue weighted by molar-refractivity contribution is 0.0697. The van der Waals surface area contributed by atoms with Crippen LogP contribution in [-0.4, -0.2) is 17.7 Å². The third-order valence-electron chi connectivity index (χ3n) is 3.24. The van der Waals surface area contributed by atoms with Crippen LogP contribution in [0.25, 0.3) is 0 Å². The van der Waals surface area contributed by atoms with Gasteiger partial charge in [0.25, 0.3) is 0 Å². The molecule has 23 heavy (non-hydrogen) atoms. The molecule has 0 unspecified atom stereocenters. The van der Waals surface area contributed by atoms with Crippen LogP contribution in [0, 0.1) is 17.8 Å². The van der Waals surface area contributed by atoms with Crippen LogP contribution in [0.15, 0.2) is 48.5 Å². The first kappa shape index (κ1) is 16.6. The summed E-state index contributed by atoms with van der Waals surface area (Å²) in [6.45, 7) is 4.69. The number of ether oxygens (including phenoxy) is 1. The Morgan fingerprint density at radius 2 is 1.74 bits per heavy atom. The lowest BCUT2D eigenvalue weighted by atomic mass is 10.0. The van der Waals surface area contributed by atoms with E-state index in [4.69, 9.17) is 9.84 Å². The lowest BCUT2D eigenvalue weighted by Crippen LogP contribution is -1.96. The van der Waals surface area contributed by atoms with E-state index in [2.05, 4.69) is 37.8 Å². The summed E-state index contributed by atoms with van der Waals surface area (Å²) < 4.78 is 5.58. The molecule has 118 valence electrons. The molecule has 0 spiro atoms. The molecule has 0 heterocycles. The third kappa shape index (κ3) is 5.52.